The van der Waals surface area contributed by atoms with Gasteiger partial charge >= 0.3 is 0 Å². The largest absolute Gasteiger partial charge is 0.309 e. The Kier molecular flexibility index (Phi) is 6.53. The van der Waals surface area contributed by atoms with Gasteiger partial charge in [-0.2, -0.15) is 0 Å². The smallest absolute Gasteiger partial charge is 0.0547 e. The van der Waals surface area contributed by atoms with Crippen LogP contribution < -0.4 is 0 Å². The number of fused-ring (bicyclic) bond motifs is 6. The molecule has 0 bridgehead atoms. The van der Waals surface area contributed by atoms with Crippen LogP contribution in [0.2, 0.25) is 0 Å². The molecule has 0 fully saturated rings. The molecular weight excluding hydrogens is 605 g/mol. The lowest BCUT2D eigenvalue weighted by Crippen LogP contribution is -1.98. The van der Waals surface area contributed by atoms with Gasteiger partial charge in [0.2, 0.25) is 0 Å². The highest BCUT2D eigenvalue weighted by molar-refractivity contribution is 6.13. The van der Waals surface area contributed by atoms with Crippen molar-refractivity contribution in [3.8, 4) is 44.8 Å². The number of rotatable bonds is 5. The summed E-state index contributed by atoms with van der Waals surface area (Å²) in [6, 6.07) is 70.5. The van der Waals surface area contributed by atoms with Crippen LogP contribution in [0.25, 0.3) is 88.4 Å². The van der Waals surface area contributed by atoms with Crippen LogP contribution in [0.1, 0.15) is 0 Å². The van der Waals surface area contributed by atoms with Crippen molar-refractivity contribution in [3.05, 3.63) is 194 Å². The van der Waals surface area contributed by atoms with Gasteiger partial charge in [-0.05, 0) is 70.3 Å². The maximum atomic E-state index is 2.48. The maximum absolute atomic E-state index is 2.48. The number of aromatic nitrogens is 2. The summed E-state index contributed by atoms with van der Waals surface area (Å²) >= 11 is 0. The molecule has 0 aliphatic heterocycles. The fourth-order valence-electron chi connectivity index (χ4n) is 7.80. The van der Waals surface area contributed by atoms with Crippen LogP contribution in [0.5, 0.6) is 0 Å². The van der Waals surface area contributed by atoms with Gasteiger partial charge in [0.15, 0.2) is 0 Å². The van der Waals surface area contributed by atoms with Crippen molar-refractivity contribution in [2.45, 2.75) is 0 Å². The Morgan fingerprint density at radius 2 is 0.700 bits per heavy atom. The summed E-state index contributed by atoms with van der Waals surface area (Å²) in [4.78, 5) is 0. The van der Waals surface area contributed by atoms with E-state index in [9.17, 15) is 0 Å². The molecule has 0 atom stereocenters. The van der Waals surface area contributed by atoms with Crippen LogP contribution in [-0.2, 0) is 0 Å². The number of hydrogen-bond donors (Lipinski definition) is 0. The highest BCUT2D eigenvalue weighted by Crippen LogP contribution is 2.41. The van der Waals surface area contributed by atoms with E-state index in [4.69, 9.17) is 0 Å². The molecule has 0 amide bonds. The molecule has 2 aromatic heterocycles. The zero-order valence-electron chi connectivity index (χ0n) is 27.4. The second kappa shape index (κ2) is 11.5. The number of benzene rings is 8. The van der Waals surface area contributed by atoms with Crippen molar-refractivity contribution in [1.29, 1.82) is 0 Å². The van der Waals surface area contributed by atoms with E-state index in [0.717, 1.165) is 11.4 Å². The minimum Gasteiger partial charge on any atom is -0.309 e. The zero-order valence-corrected chi connectivity index (χ0v) is 27.4. The van der Waals surface area contributed by atoms with Gasteiger partial charge in [-0.25, -0.2) is 0 Å². The standard InChI is InChI=1S/C48H32N2/c1-4-14-33(15-5-1)35-24-27-42-43-28-25-36(34-16-6-2-7-17-34)31-48(43)50(47(42)30-35)44-22-12-10-20-39(44)37-26-29-41-40-21-11-13-23-45(40)49(46(41)32-37)38-18-8-3-9-19-38/h1-32H. The van der Waals surface area contributed by atoms with Crippen molar-refractivity contribution >= 4 is 43.6 Å². The molecule has 0 saturated heterocycles. The predicted molar refractivity (Wildman–Crippen MR) is 211 cm³/mol. The van der Waals surface area contributed by atoms with Crippen LogP contribution in [0, 0.1) is 0 Å². The lowest BCUT2D eigenvalue weighted by atomic mass is 10.0. The van der Waals surface area contributed by atoms with Gasteiger partial charge in [0.25, 0.3) is 0 Å². The van der Waals surface area contributed by atoms with Gasteiger partial charge in [-0.15, -0.1) is 0 Å². The molecule has 0 aliphatic carbocycles. The number of hydrogen-bond acceptors (Lipinski definition) is 0. The highest BCUT2D eigenvalue weighted by Gasteiger charge is 2.19. The van der Waals surface area contributed by atoms with E-state index in [1.54, 1.807) is 0 Å². The molecule has 2 nitrogen and oxygen atoms in total. The molecule has 0 N–H and O–H groups in total. The lowest BCUT2D eigenvalue weighted by molar-refractivity contribution is 1.17. The fourth-order valence-corrected chi connectivity index (χ4v) is 7.80. The van der Waals surface area contributed by atoms with E-state index >= 15 is 0 Å². The first-order chi connectivity index (χ1) is 24.8. The zero-order chi connectivity index (χ0) is 33.0. The SMILES string of the molecule is c1ccc(-c2ccc3c4ccc(-c5ccccc5)cc4n(-c4ccccc4-c4ccc5c6ccccc6n(-c6ccccc6)c5c4)c3c2)cc1. The molecular formula is C48H32N2. The first-order valence-electron chi connectivity index (χ1n) is 17.2. The fraction of sp³-hybridized carbons (Fsp3) is 0. The van der Waals surface area contributed by atoms with Gasteiger partial charge in [-0.3, -0.25) is 0 Å². The minimum atomic E-state index is 1.16. The molecule has 8 aromatic carbocycles. The molecule has 2 heteroatoms. The monoisotopic (exact) mass is 636 g/mol. The van der Waals surface area contributed by atoms with Crippen molar-refractivity contribution in [2.75, 3.05) is 0 Å². The van der Waals surface area contributed by atoms with Crippen molar-refractivity contribution in [3.63, 3.8) is 0 Å². The van der Waals surface area contributed by atoms with E-state index in [1.165, 1.54) is 77.0 Å². The Bertz CT molecular complexity index is 2740. The van der Waals surface area contributed by atoms with Crippen LogP contribution in [0.3, 0.4) is 0 Å². The molecule has 2 heterocycles. The van der Waals surface area contributed by atoms with Crippen LogP contribution in [-0.4, -0.2) is 9.13 Å². The van der Waals surface area contributed by atoms with Crippen LogP contribution >= 0.6 is 0 Å². The summed E-state index contributed by atoms with van der Waals surface area (Å²) < 4.78 is 4.88. The third-order valence-corrected chi connectivity index (χ3v) is 10.1. The lowest BCUT2D eigenvalue weighted by Gasteiger charge is -2.16. The maximum Gasteiger partial charge on any atom is 0.0547 e. The summed E-state index contributed by atoms with van der Waals surface area (Å²) in [7, 11) is 0. The Morgan fingerprint density at radius 1 is 0.260 bits per heavy atom. The van der Waals surface area contributed by atoms with Crippen molar-refractivity contribution < 1.29 is 0 Å². The highest BCUT2D eigenvalue weighted by atomic mass is 15.0. The third-order valence-electron chi connectivity index (χ3n) is 10.1. The third kappa shape index (κ3) is 4.50. The second-order valence-corrected chi connectivity index (χ2v) is 13.0. The minimum absolute atomic E-state index is 1.16. The quantitative estimate of drug-likeness (QED) is 0.178. The molecule has 10 rings (SSSR count). The second-order valence-electron chi connectivity index (χ2n) is 13.0. The van der Waals surface area contributed by atoms with E-state index in [0.29, 0.717) is 0 Å². The van der Waals surface area contributed by atoms with Gasteiger partial charge in [0.05, 0.1) is 27.8 Å². The van der Waals surface area contributed by atoms with Gasteiger partial charge in [0.1, 0.15) is 0 Å². The number of para-hydroxylation sites is 3. The van der Waals surface area contributed by atoms with E-state index in [-0.39, 0.29) is 0 Å². The first kappa shape index (κ1) is 28.4. The van der Waals surface area contributed by atoms with Gasteiger partial charge in [0, 0.05) is 32.8 Å². The summed E-state index contributed by atoms with van der Waals surface area (Å²) in [6.07, 6.45) is 0. The first-order valence-corrected chi connectivity index (χ1v) is 17.2. The molecule has 10 aromatic rings. The molecule has 0 unspecified atom stereocenters. The molecule has 0 aliphatic rings. The molecule has 0 radical (unpaired) electrons. The Balaban J connectivity index is 1.26. The Hall–Kier alpha value is -6.64. The van der Waals surface area contributed by atoms with E-state index < -0.39 is 0 Å². The average Bonchev–Trinajstić information content (AvgIpc) is 3.70. The molecule has 0 saturated carbocycles. The van der Waals surface area contributed by atoms with Crippen LogP contribution in [0.15, 0.2) is 194 Å². The Labute approximate surface area is 290 Å². The topological polar surface area (TPSA) is 9.86 Å². The molecule has 234 valence electrons. The van der Waals surface area contributed by atoms with E-state index in [2.05, 4.69) is 203 Å². The van der Waals surface area contributed by atoms with Crippen molar-refractivity contribution in [1.82, 2.24) is 9.13 Å². The number of nitrogens with zero attached hydrogens (tertiary/aromatic N) is 2. The van der Waals surface area contributed by atoms with Crippen molar-refractivity contribution in [2.24, 2.45) is 0 Å². The molecule has 0 spiro atoms. The predicted octanol–water partition coefficient (Wildman–Crippen LogP) is 12.9. The summed E-state index contributed by atoms with van der Waals surface area (Å²) in [5.74, 6) is 0. The summed E-state index contributed by atoms with van der Waals surface area (Å²) in [5.41, 5.74) is 14.3. The van der Waals surface area contributed by atoms with Gasteiger partial charge < -0.3 is 9.13 Å². The normalized spacial score (nSPS) is 11.6. The molecule has 50 heavy (non-hydrogen) atoms. The summed E-state index contributed by atoms with van der Waals surface area (Å²) in [6.45, 7) is 0. The average molecular weight is 637 g/mol. The van der Waals surface area contributed by atoms with Gasteiger partial charge in [-0.1, -0.05) is 152 Å². The Morgan fingerprint density at radius 3 is 1.32 bits per heavy atom. The summed E-state index contributed by atoms with van der Waals surface area (Å²) in [5, 5.41) is 5.00. The van der Waals surface area contributed by atoms with Crippen LogP contribution in [0.4, 0.5) is 0 Å². The van der Waals surface area contributed by atoms with E-state index in [1.807, 2.05) is 0 Å².